The van der Waals surface area contributed by atoms with Crippen molar-refractivity contribution in [3.8, 4) is 0 Å². The van der Waals surface area contributed by atoms with Gasteiger partial charge in [-0.3, -0.25) is 4.79 Å². The zero-order valence-corrected chi connectivity index (χ0v) is 9.31. The molecular weight excluding hydrogens is 196 g/mol. The number of β-amino-alcohol motifs (C(OH)–C–C–N with tert-alkyl or cyclic N) is 2. The Morgan fingerprint density at radius 1 is 1.40 bits per heavy atom. The van der Waals surface area contributed by atoms with Crippen LogP contribution in [0.3, 0.4) is 0 Å². The molecule has 1 saturated heterocycles. The number of aliphatic hydroxyl groups excluding tert-OH is 2. The Bertz CT molecular complexity index is 211. The molecule has 1 aliphatic heterocycles. The lowest BCUT2D eigenvalue weighted by Gasteiger charge is -2.16. The quantitative estimate of drug-likeness (QED) is 0.560. The molecule has 1 fully saturated rings. The minimum Gasteiger partial charge on any atom is -0.388 e. The second-order valence-electron chi connectivity index (χ2n) is 4.29. The van der Waals surface area contributed by atoms with E-state index in [9.17, 15) is 15.0 Å². The minimum absolute atomic E-state index is 0.0150. The second-order valence-corrected chi connectivity index (χ2v) is 4.29. The van der Waals surface area contributed by atoms with E-state index in [0.717, 1.165) is 0 Å². The van der Waals surface area contributed by atoms with Gasteiger partial charge in [0.1, 0.15) is 0 Å². The maximum absolute atomic E-state index is 11.6. The molecule has 0 radical (unpaired) electrons. The summed E-state index contributed by atoms with van der Waals surface area (Å²) >= 11 is 0. The Morgan fingerprint density at radius 2 is 1.93 bits per heavy atom. The fourth-order valence-electron chi connectivity index (χ4n) is 1.60. The molecule has 88 valence electrons. The largest absolute Gasteiger partial charge is 0.388 e. The molecule has 1 aliphatic rings. The summed E-state index contributed by atoms with van der Waals surface area (Å²) in [6, 6.07) is 0.368. The smallest absolute Gasteiger partial charge is 0.224 e. The summed E-state index contributed by atoms with van der Waals surface area (Å²) in [6.45, 7) is 5.18. The third-order valence-corrected chi connectivity index (χ3v) is 2.50. The van der Waals surface area contributed by atoms with Crippen molar-refractivity contribution < 1.29 is 15.0 Å². The molecule has 1 heterocycles. The molecular formula is C10H20N2O3. The van der Waals surface area contributed by atoms with Crippen LogP contribution in [-0.4, -0.2) is 58.9 Å². The number of carbonyl (C=O) groups excluding carboxylic acids is 1. The van der Waals surface area contributed by atoms with Crippen LogP contribution in [-0.2, 0) is 4.79 Å². The highest BCUT2D eigenvalue weighted by atomic mass is 16.3. The highest BCUT2D eigenvalue weighted by molar-refractivity contribution is 5.76. The predicted octanol–water partition coefficient (Wildman–Crippen LogP) is -1.06. The van der Waals surface area contributed by atoms with Crippen LogP contribution in [0.1, 0.15) is 20.3 Å². The van der Waals surface area contributed by atoms with E-state index in [1.165, 1.54) is 4.90 Å². The van der Waals surface area contributed by atoms with Crippen molar-refractivity contribution in [2.75, 3.05) is 19.6 Å². The average Bonchev–Trinajstić information content (AvgIpc) is 2.46. The molecule has 0 aromatic rings. The molecule has 0 aliphatic carbocycles. The van der Waals surface area contributed by atoms with Crippen molar-refractivity contribution in [3.63, 3.8) is 0 Å². The SMILES string of the molecule is CC(C)NCCC(=O)N1C[C@@H](O)[C@@H](O)C1. The predicted molar refractivity (Wildman–Crippen MR) is 56.3 cm³/mol. The van der Waals surface area contributed by atoms with Crippen molar-refractivity contribution in [1.82, 2.24) is 10.2 Å². The Kier molecular flexibility index (Phi) is 4.50. The highest BCUT2D eigenvalue weighted by Crippen LogP contribution is 2.10. The molecule has 3 N–H and O–H groups in total. The number of aliphatic hydroxyl groups is 2. The molecule has 0 unspecified atom stereocenters. The number of amides is 1. The van der Waals surface area contributed by atoms with Gasteiger partial charge in [0.2, 0.25) is 5.91 Å². The maximum atomic E-state index is 11.6. The Labute approximate surface area is 90.1 Å². The lowest BCUT2D eigenvalue weighted by Crippen LogP contribution is -2.33. The van der Waals surface area contributed by atoms with Gasteiger partial charge < -0.3 is 20.4 Å². The monoisotopic (exact) mass is 216 g/mol. The van der Waals surface area contributed by atoms with Crippen LogP contribution in [0, 0.1) is 0 Å². The van der Waals surface area contributed by atoms with Crippen LogP contribution < -0.4 is 5.32 Å². The van der Waals surface area contributed by atoms with Gasteiger partial charge in [-0.15, -0.1) is 0 Å². The molecule has 0 spiro atoms. The molecule has 5 heteroatoms. The van der Waals surface area contributed by atoms with Crippen LogP contribution in [0.15, 0.2) is 0 Å². The van der Waals surface area contributed by atoms with Gasteiger partial charge in [0.05, 0.1) is 12.2 Å². The Morgan fingerprint density at radius 3 is 2.40 bits per heavy atom. The molecule has 15 heavy (non-hydrogen) atoms. The number of hydrogen-bond acceptors (Lipinski definition) is 4. The van der Waals surface area contributed by atoms with E-state index in [1.807, 2.05) is 13.8 Å². The summed E-state index contributed by atoms with van der Waals surface area (Å²) in [5, 5.41) is 21.7. The minimum atomic E-state index is -0.785. The van der Waals surface area contributed by atoms with Gasteiger partial charge in [-0.25, -0.2) is 0 Å². The first-order valence-electron chi connectivity index (χ1n) is 5.38. The van der Waals surface area contributed by atoms with Gasteiger partial charge in [0.15, 0.2) is 0 Å². The first kappa shape index (κ1) is 12.4. The van der Waals surface area contributed by atoms with Gasteiger partial charge in [0, 0.05) is 32.1 Å². The normalized spacial score (nSPS) is 26.3. The molecule has 0 aromatic carbocycles. The van der Waals surface area contributed by atoms with Crippen LogP contribution in [0.4, 0.5) is 0 Å². The number of likely N-dealkylation sites (tertiary alicyclic amines) is 1. The van der Waals surface area contributed by atoms with Gasteiger partial charge in [-0.2, -0.15) is 0 Å². The number of nitrogens with one attached hydrogen (secondary N) is 1. The van der Waals surface area contributed by atoms with Crippen LogP contribution >= 0.6 is 0 Å². The van der Waals surface area contributed by atoms with E-state index in [2.05, 4.69) is 5.32 Å². The molecule has 1 amide bonds. The van der Waals surface area contributed by atoms with Gasteiger partial charge in [-0.05, 0) is 0 Å². The lowest BCUT2D eigenvalue weighted by atomic mass is 10.3. The zero-order chi connectivity index (χ0) is 11.4. The van der Waals surface area contributed by atoms with Crippen LogP contribution in [0.2, 0.25) is 0 Å². The summed E-state index contributed by atoms with van der Waals surface area (Å²) in [7, 11) is 0. The number of carbonyl (C=O) groups is 1. The summed E-state index contributed by atoms with van der Waals surface area (Å²) in [5.41, 5.74) is 0. The third-order valence-electron chi connectivity index (χ3n) is 2.50. The fourth-order valence-corrected chi connectivity index (χ4v) is 1.60. The van der Waals surface area contributed by atoms with Crippen molar-refractivity contribution in [3.05, 3.63) is 0 Å². The topological polar surface area (TPSA) is 72.8 Å². The number of rotatable bonds is 4. The van der Waals surface area contributed by atoms with Gasteiger partial charge in [-0.1, -0.05) is 13.8 Å². The molecule has 2 atom stereocenters. The highest BCUT2D eigenvalue weighted by Gasteiger charge is 2.31. The third kappa shape index (κ3) is 3.77. The van der Waals surface area contributed by atoms with Crippen molar-refractivity contribution in [1.29, 1.82) is 0 Å². The summed E-state index contributed by atoms with van der Waals surface area (Å²) in [5.74, 6) is -0.0150. The first-order valence-corrected chi connectivity index (χ1v) is 5.38. The lowest BCUT2D eigenvalue weighted by molar-refractivity contribution is -0.130. The molecule has 1 rings (SSSR count). The molecule has 0 aromatic heterocycles. The number of nitrogens with zero attached hydrogens (tertiary/aromatic N) is 1. The van der Waals surface area contributed by atoms with Crippen molar-refractivity contribution in [2.45, 2.75) is 38.5 Å². The van der Waals surface area contributed by atoms with Crippen molar-refractivity contribution in [2.24, 2.45) is 0 Å². The van der Waals surface area contributed by atoms with Crippen LogP contribution in [0.25, 0.3) is 0 Å². The van der Waals surface area contributed by atoms with E-state index >= 15 is 0 Å². The van der Waals surface area contributed by atoms with E-state index in [1.54, 1.807) is 0 Å². The summed E-state index contributed by atoms with van der Waals surface area (Å²) in [6.07, 6.45) is -1.16. The van der Waals surface area contributed by atoms with Gasteiger partial charge >= 0.3 is 0 Å². The fraction of sp³-hybridized carbons (Fsp3) is 0.900. The Hall–Kier alpha value is -0.650. The molecule has 0 saturated carbocycles. The maximum Gasteiger partial charge on any atom is 0.224 e. The van der Waals surface area contributed by atoms with Crippen LogP contribution in [0.5, 0.6) is 0 Å². The molecule has 0 bridgehead atoms. The Balaban J connectivity index is 2.23. The van der Waals surface area contributed by atoms with E-state index in [4.69, 9.17) is 0 Å². The summed E-state index contributed by atoms with van der Waals surface area (Å²) < 4.78 is 0. The van der Waals surface area contributed by atoms with Crippen molar-refractivity contribution >= 4 is 5.91 Å². The number of hydrogen-bond donors (Lipinski definition) is 3. The first-order chi connectivity index (χ1) is 7.00. The molecule has 5 nitrogen and oxygen atoms in total. The average molecular weight is 216 g/mol. The second kappa shape index (κ2) is 5.44. The summed E-state index contributed by atoms with van der Waals surface area (Å²) in [4.78, 5) is 13.1. The van der Waals surface area contributed by atoms with Gasteiger partial charge in [0.25, 0.3) is 0 Å². The van der Waals surface area contributed by atoms with E-state index in [0.29, 0.717) is 19.0 Å². The zero-order valence-electron chi connectivity index (χ0n) is 9.31. The standard InChI is InChI=1S/C10H20N2O3/c1-7(2)11-4-3-10(15)12-5-8(13)9(14)6-12/h7-9,11,13-14H,3-6H2,1-2H3/t8-,9+. The van der Waals surface area contributed by atoms with E-state index < -0.39 is 12.2 Å². The van der Waals surface area contributed by atoms with E-state index in [-0.39, 0.29) is 19.0 Å².